The SMILES string of the molecule is COc1cc(C(N)=O)cc2c1OCC2Cc1ccccc1. The first kappa shape index (κ1) is 13.5. The number of fused-ring (bicyclic) bond motifs is 1. The first-order valence-electron chi connectivity index (χ1n) is 6.87. The highest BCUT2D eigenvalue weighted by Gasteiger charge is 2.28. The predicted molar refractivity (Wildman–Crippen MR) is 79.9 cm³/mol. The summed E-state index contributed by atoms with van der Waals surface area (Å²) in [6, 6.07) is 13.7. The minimum Gasteiger partial charge on any atom is -0.493 e. The Morgan fingerprint density at radius 2 is 2.10 bits per heavy atom. The van der Waals surface area contributed by atoms with Crippen LogP contribution in [0.1, 0.15) is 27.4 Å². The average molecular weight is 283 g/mol. The van der Waals surface area contributed by atoms with Crippen molar-refractivity contribution in [3.63, 3.8) is 0 Å². The maximum atomic E-state index is 11.5. The van der Waals surface area contributed by atoms with Gasteiger partial charge in [0, 0.05) is 17.0 Å². The summed E-state index contributed by atoms with van der Waals surface area (Å²) in [5.41, 5.74) is 8.08. The zero-order chi connectivity index (χ0) is 14.8. The van der Waals surface area contributed by atoms with Crippen molar-refractivity contribution < 1.29 is 14.3 Å². The van der Waals surface area contributed by atoms with E-state index in [0.717, 1.165) is 17.7 Å². The maximum Gasteiger partial charge on any atom is 0.248 e. The van der Waals surface area contributed by atoms with E-state index in [4.69, 9.17) is 15.2 Å². The number of carbonyl (C=O) groups is 1. The monoisotopic (exact) mass is 283 g/mol. The number of hydrogen-bond donors (Lipinski definition) is 1. The molecule has 0 radical (unpaired) electrons. The van der Waals surface area contributed by atoms with E-state index < -0.39 is 5.91 Å². The molecule has 0 saturated heterocycles. The second-order valence-corrected chi connectivity index (χ2v) is 5.16. The van der Waals surface area contributed by atoms with Crippen molar-refractivity contribution >= 4 is 5.91 Å². The van der Waals surface area contributed by atoms with E-state index in [0.29, 0.717) is 17.9 Å². The molecular formula is C17H17NO3. The Morgan fingerprint density at radius 3 is 2.76 bits per heavy atom. The quantitative estimate of drug-likeness (QED) is 0.937. The molecule has 0 aromatic heterocycles. The van der Waals surface area contributed by atoms with Gasteiger partial charge in [-0.25, -0.2) is 0 Å². The maximum absolute atomic E-state index is 11.5. The van der Waals surface area contributed by atoms with Gasteiger partial charge in [0.25, 0.3) is 0 Å². The number of nitrogens with two attached hydrogens (primary N) is 1. The Morgan fingerprint density at radius 1 is 1.33 bits per heavy atom. The molecule has 108 valence electrons. The third-order valence-electron chi connectivity index (χ3n) is 3.78. The van der Waals surface area contributed by atoms with Crippen LogP contribution in [0.4, 0.5) is 0 Å². The molecule has 4 nitrogen and oxygen atoms in total. The van der Waals surface area contributed by atoms with E-state index in [-0.39, 0.29) is 5.92 Å². The van der Waals surface area contributed by atoms with Crippen LogP contribution in [0.25, 0.3) is 0 Å². The molecule has 0 saturated carbocycles. The molecule has 2 N–H and O–H groups in total. The largest absolute Gasteiger partial charge is 0.493 e. The molecule has 0 spiro atoms. The van der Waals surface area contributed by atoms with Gasteiger partial charge in [-0.05, 0) is 24.1 Å². The molecule has 1 amide bonds. The first-order chi connectivity index (χ1) is 10.2. The van der Waals surface area contributed by atoms with Crippen LogP contribution in [0.2, 0.25) is 0 Å². The van der Waals surface area contributed by atoms with Crippen molar-refractivity contribution in [1.82, 2.24) is 0 Å². The molecule has 1 aliphatic rings. The van der Waals surface area contributed by atoms with Gasteiger partial charge in [0.15, 0.2) is 11.5 Å². The number of ether oxygens (including phenoxy) is 2. The first-order valence-corrected chi connectivity index (χ1v) is 6.87. The van der Waals surface area contributed by atoms with Gasteiger partial charge in [-0.15, -0.1) is 0 Å². The topological polar surface area (TPSA) is 61.5 Å². The number of hydrogen-bond acceptors (Lipinski definition) is 3. The van der Waals surface area contributed by atoms with E-state index in [1.54, 1.807) is 13.2 Å². The van der Waals surface area contributed by atoms with Crippen LogP contribution in [0.3, 0.4) is 0 Å². The van der Waals surface area contributed by atoms with Crippen molar-refractivity contribution in [3.8, 4) is 11.5 Å². The molecule has 21 heavy (non-hydrogen) atoms. The van der Waals surface area contributed by atoms with E-state index in [9.17, 15) is 4.79 Å². The third-order valence-corrected chi connectivity index (χ3v) is 3.78. The fourth-order valence-corrected chi connectivity index (χ4v) is 2.72. The summed E-state index contributed by atoms with van der Waals surface area (Å²) in [5, 5.41) is 0. The number of benzene rings is 2. The van der Waals surface area contributed by atoms with Gasteiger partial charge in [0.1, 0.15) is 0 Å². The summed E-state index contributed by atoms with van der Waals surface area (Å²) >= 11 is 0. The Labute approximate surface area is 123 Å². The van der Waals surface area contributed by atoms with Crippen molar-refractivity contribution in [2.45, 2.75) is 12.3 Å². The highest BCUT2D eigenvalue weighted by molar-refractivity contribution is 5.94. The van der Waals surface area contributed by atoms with Gasteiger partial charge in [-0.1, -0.05) is 30.3 Å². The highest BCUT2D eigenvalue weighted by atomic mass is 16.5. The Bertz CT molecular complexity index is 667. The van der Waals surface area contributed by atoms with Crippen LogP contribution in [-0.2, 0) is 6.42 Å². The summed E-state index contributed by atoms with van der Waals surface area (Å²) < 4.78 is 11.1. The van der Waals surface area contributed by atoms with Crippen LogP contribution < -0.4 is 15.2 Å². The van der Waals surface area contributed by atoms with E-state index in [1.807, 2.05) is 24.3 Å². The Balaban J connectivity index is 1.97. The fraction of sp³-hybridized carbons (Fsp3) is 0.235. The number of carbonyl (C=O) groups excluding carboxylic acids is 1. The minimum absolute atomic E-state index is 0.204. The lowest BCUT2D eigenvalue weighted by Gasteiger charge is -2.11. The van der Waals surface area contributed by atoms with E-state index in [1.165, 1.54) is 5.56 Å². The summed E-state index contributed by atoms with van der Waals surface area (Å²) in [5.74, 6) is 1.04. The smallest absolute Gasteiger partial charge is 0.248 e. The normalized spacial score (nSPS) is 16.1. The van der Waals surface area contributed by atoms with Crippen LogP contribution in [-0.4, -0.2) is 19.6 Å². The molecule has 2 aromatic rings. The van der Waals surface area contributed by atoms with Crippen LogP contribution in [0.5, 0.6) is 11.5 Å². The highest BCUT2D eigenvalue weighted by Crippen LogP contribution is 2.43. The van der Waals surface area contributed by atoms with Crippen molar-refractivity contribution in [1.29, 1.82) is 0 Å². The lowest BCUT2D eigenvalue weighted by atomic mass is 9.92. The second-order valence-electron chi connectivity index (χ2n) is 5.16. The summed E-state index contributed by atoms with van der Waals surface area (Å²) in [6.45, 7) is 0.586. The summed E-state index contributed by atoms with van der Waals surface area (Å²) in [7, 11) is 1.56. The van der Waals surface area contributed by atoms with Crippen LogP contribution in [0.15, 0.2) is 42.5 Å². The lowest BCUT2D eigenvalue weighted by Crippen LogP contribution is -2.12. The molecule has 1 atom stereocenters. The van der Waals surface area contributed by atoms with Crippen LogP contribution in [0, 0.1) is 0 Å². The van der Waals surface area contributed by atoms with Crippen LogP contribution >= 0.6 is 0 Å². The molecule has 1 aliphatic heterocycles. The van der Waals surface area contributed by atoms with Gasteiger partial charge in [-0.2, -0.15) is 0 Å². The van der Waals surface area contributed by atoms with Gasteiger partial charge in [0.05, 0.1) is 13.7 Å². The summed E-state index contributed by atoms with van der Waals surface area (Å²) in [6.07, 6.45) is 0.860. The summed E-state index contributed by atoms with van der Waals surface area (Å²) in [4.78, 5) is 11.5. The zero-order valence-electron chi connectivity index (χ0n) is 11.8. The number of methoxy groups -OCH3 is 1. The molecule has 4 heteroatoms. The van der Waals surface area contributed by atoms with E-state index >= 15 is 0 Å². The second kappa shape index (κ2) is 5.48. The number of amides is 1. The molecule has 1 unspecified atom stereocenters. The van der Waals surface area contributed by atoms with Gasteiger partial charge in [-0.3, -0.25) is 4.79 Å². The molecule has 0 fully saturated rings. The van der Waals surface area contributed by atoms with E-state index in [2.05, 4.69) is 12.1 Å². The standard InChI is InChI=1S/C17H17NO3/c1-20-15-9-12(17(18)19)8-14-13(10-21-16(14)15)7-11-5-3-2-4-6-11/h2-6,8-9,13H,7,10H2,1H3,(H2,18,19). The lowest BCUT2D eigenvalue weighted by molar-refractivity contribution is 0.1000. The van der Waals surface area contributed by atoms with Gasteiger partial charge < -0.3 is 15.2 Å². The molecule has 3 rings (SSSR count). The average Bonchev–Trinajstić information content (AvgIpc) is 2.90. The minimum atomic E-state index is -0.457. The molecule has 2 aromatic carbocycles. The molecule has 0 bridgehead atoms. The number of rotatable bonds is 4. The third kappa shape index (κ3) is 2.57. The fourth-order valence-electron chi connectivity index (χ4n) is 2.72. The van der Waals surface area contributed by atoms with Gasteiger partial charge >= 0.3 is 0 Å². The zero-order valence-corrected chi connectivity index (χ0v) is 11.8. The number of primary amides is 1. The predicted octanol–water partition coefficient (Wildman–Crippen LogP) is 2.51. The molecule has 0 aliphatic carbocycles. The Kier molecular flexibility index (Phi) is 3.52. The van der Waals surface area contributed by atoms with Crippen molar-refractivity contribution in [2.24, 2.45) is 5.73 Å². The molecule has 1 heterocycles. The van der Waals surface area contributed by atoms with Crippen molar-refractivity contribution in [3.05, 3.63) is 59.2 Å². The van der Waals surface area contributed by atoms with Crippen molar-refractivity contribution in [2.75, 3.05) is 13.7 Å². The Hall–Kier alpha value is -2.49. The molecular weight excluding hydrogens is 266 g/mol. The van der Waals surface area contributed by atoms with Gasteiger partial charge in [0.2, 0.25) is 5.91 Å².